The number of aliphatic carboxylic acids is 1. The molecule has 0 aromatic carbocycles. The predicted octanol–water partition coefficient (Wildman–Crippen LogP) is 0.546. The first-order valence-corrected chi connectivity index (χ1v) is 6.33. The molecule has 0 bridgehead atoms. The van der Waals surface area contributed by atoms with E-state index in [4.69, 9.17) is 5.11 Å². The van der Waals surface area contributed by atoms with Gasteiger partial charge < -0.3 is 10.1 Å². The summed E-state index contributed by atoms with van der Waals surface area (Å²) in [6.45, 7) is 1.79. The summed E-state index contributed by atoms with van der Waals surface area (Å²) >= 11 is 0. The molecule has 0 saturated heterocycles. The maximum absolute atomic E-state index is 11.7. The first-order chi connectivity index (χ1) is 7.47. The van der Waals surface area contributed by atoms with Crippen molar-refractivity contribution in [3.8, 4) is 0 Å². The van der Waals surface area contributed by atoms with Crippen molar-refractivity contribution >= 4 is 16.0 Å². The Hall–Kier alpha value is -1.34. The van der Waals surface area contributed by atoms with Gasteiger partial charge in [0.2, 0.25) is 10.0 Å². The molecule has 0 spiro atoms. The molecule has 1 unspecified atom stereocenters. The quantitative estimate of drug-likeness (QED) is 0.682. The van der Waals surface area contributed by atoms with Gasteiger partial charge in [-0.05, 0) is 12.5 Å². The molecular formula is C9H14N2O4S. The second kappa shape index (κ2) is 5.13. The van der Waals surface area contributed by atoms with Crippen LogP contribution in [-0.4, -0.2) is 30.5 Å². The van der Waals surface area contributed by atoms with Crippen LogP contribution in [0.1, 0.15) is 19.8 Å². The number of rotatable bonds is 6. The molecular weight excluding hydrogens is 232 g/mol. The van der Waals surface area contributed by atoms with Gasteiger partial charge in [-0.15, -0.1) is 0 Å². The molecule has 1 atom stereocenters. The molecule has 90 valence electrons. The molecule has 0 saturated carbocycles. The van der Waals surface area contributed by atoms with Crippen molar-refractivity contribution in [1.29, 1.82) is 0 Å². The number of aromatic amines is 1. The van der Waals surface area contributed by atoms with Crippen molar-refractivity contribution in [2.45, 2.75) is 30.7 Å². The van der Waals surface area contributed by atoms with Gasteiger partial charge in [0.05, 0.1) is 4.90 Å². The Morgan fingerprint density at radius 1 is 1.62 bits per heavy atom. The lowest BCUT2D eigenvalue weighted by atomic mass is 10.2. The van der Waals surface area contributed by atoms with Crippen LogP contribution < -0.4 is 4.72 Å². The highest BCUT2D eigenvalue weighted by molar-refractivity contribution is 7.89. The lowest BCUT2D eigenvalue weighted by Crippen LogP contribution is -2.40. The van der Waals surface area contributed by atoms with E-state index in [2.05, 4.69) is 9.71 Å². The number of H-pyrrole nitrogens is 1. The van der Waals surface area contributed by atoms with E-state index >= 15 is 0 Å². The minimum atomic E-state index is -3.75. The summed E-state index contributed by atoms with van der Waals surface area (Å²) in [5, 5.41) is 8.83. The Balaban J connectivity index is 2.82. The van der Waals surface area contributed by atoms with Gasteiger partial charge >= 0.3 is 5.97 Å². The summed E-state index contributed by atoms with van der Waals surface area (Å²) in [6, 6.07) is 0.289. The monoisotopic (exact) mass is 246 g/mol. The summed E-state index contributed by atoms with van der Waals surface area (Å²) in [7, 11) is -3.75. The van der Waals surface area contributed by atoms with Crippen LogP contribution in [0.4, 0.5) is 0 Å². The number of aromatic nitrogens is 1. The molecule has 0 aliphatic heterocycles. The van der Waals surface area contributed by atoms with E-state index in [1.54, 1.807) is 6.92 Å². The van der Waals surface area contributed by atoms with Gasteiger partial charge in [0.25, 0.3) is 0 Å². The summed E-state index contributed by atoms with van der Waals surface area (Å²) in [6.07, 6.45) is 3.61. The lowest BCUT2D eigenvalue weighted by Gasteiger charge is -2.12. The summed E-state index contributed by atoms with van der Waals surface area (Å²) in [5.74, 6) is -1.17. The molecule has 1 aromatic heterocycles. The van der Waals surface area contributed by atoms with Crippen LogP contribution in [0.3, 0.4) is 0 Å². The van der Waals surface area contributed by atoms with Crippen molar-refractivity contribution in [3.63, 3.8) is 0 Å². The number of carboxylic acids is 1. The molecule has 0 aliphatic rings. The molecule has 6 nitrogen and oxygen atoms in total. The number of carbonyl (C=O) groups is 1. The Bertz CT molecular complexity index is 438. The molecule has 16 heavy (non-hydrogen) atoms. The first-order valence-electron chi connectivity index (χ1n) is 4.85. The molecule has 0 amide bonds. The number of carboxylic acid groups (broad SMARTS) is 1. The molecule has 3 N–H and O–H groups in total. The van der Waals surface area contributed by atoms with Gasteiger partial charge in [-0.1, -0.05) is 13.3 Å². The van der Waals surface area contributed by atoms with Crippen molar-refractivity contribution in [1.82, 2.24) is 9.71 Å². The smallest absolute Gasteiger partial charge is 0.321 e. The average molecular weight is 246 g/mol. The number of hydrogen-bond acceptors (Lipinski definition) is 3. The topological polar surface area (TPSA) is 99.3 Å². The zero-order valence-corrected chi connectivity index (χ0v) is 9.62. The summed E-state index contributed by atoms with van der Waals surface area (Å²) < 4.78 is 25.5. The van der Waals surface area contributed by atoms with Gasteiger partial charge in [-0.25, -0.2) is 8.42 Å². The van der Waals surface area contributed by atoms with E-state index in [9.17, 15) is 13.2 Å². The Morgan fingerprint density at radius 3 is 2.75 bits per heavy atom. The highest BCUT2D eigenvalue weighted by atomic mass is 32.2. The van der Waals surface area contributed by atoms with Crippen LogP contribution in [0.25, 0.3) is 0 Å². The normalized spacial score (nSPS) is 13.6. The van der Waals surface area contributed by atoms with Crippen LogP contribution in [-0.2, 0) is 14.8 Å². The minimum absolute atomic E-state index is 0.0369. The largest absolute Gasteiger partial charge is 0.480 e. The minimum Gasteiger partial charge on any atom is -0.480 e. The molecule has 1 aromatic rings. The summed E-state index contributed by atoms with van der Waals surface area (Å²) in [5.41, 5.74) is 0. The Kier molecular flexibility index (Phi) is 4.08. The van der Waals surface area contributed by atoms with Crippen LogP contribution in [0.15, 0.2) is 23.4 Å². The Morgan fingerprint density at radius 2 is 2.31 bits per heavy atom. The molecule has 0 fully saturated rings. The molecule has 1 rings (SSSR count). The predicted molar refractivity (Wildman–Crippen MR) is 57.4 cm³/mol. The van der Waals surface area contributed by atoms with Crippen LogP contribution in [0.2, 0.25) is 0 Å². The van der Waals surface area contributed by atoms with E-state index in [-0.39, 0.29) is 11.3 Å². The van der Waals surface area contributed by atoms with Crippen LogP contribution >= 0.6 is 0 Å². The van der Waals surface area contributed by atoms with E-state index in [1.165, 1.54) is 18.5 Å². The fourth-order valence-corrected chi connectivity index (χ4v) is 2.45. The van der Waals surface area contributed by atoms with Crippen molar-refractivity contribution in [2.75, 3.05) is 0 Å². The zero-order chi connectivity index (χ0) is 12.2. The number of sulfonamides is 1. The van der Waals surface area contributed by atoms with Gasteiger partial charge in [0.15, 0.2) is 0 Å². The fraction of sp³-hybridized carbons (Fsp3) is 0.444. The van der Waals surface area contributed by atoms with E-state index < -0.39 is 22.0 Å². The Labute approximate surface area is 93.7 Å². The number of nitrogens with one attached hydrogen (secondary N) is 2. The molecule has 1 heterocycles. The zero-order valence-electron chi connectivity index (χ0n) is 8.80. The van der Waals surface area contributed by atoms with Crippen LogP contribution in [0.5, 0.6) is 0 Å². The average Bonchev–Trinajstić information content (AvgIpc) is 2.69. The van der Waals surface area contributed by atoms with Crippen molar-refractivity contribution in [3.05, 3.63) is 18.5 Å². The van der Waals surface area contributed by atoms with Crippen molar-refractivity contribution < 1.29 is 18.3 Å². The molecule has 7 heteroatoms. The molecule has 0 radical (unpaired) electrons. The SMILES string of the molecule is CCCC(NS(=O)(=O)c1cc[nH]c1)C(=O)O. The highest BCUT2D eigenvalue weighted by Gasteiger charge is 2.24. The maximum atomic E-state index is 11.7. The second-order valence-electron chi connectivity index (χ2n) is 3.35. The third-order valence-electron chi connectivity index (χ3n) is 2.05. The van der Waals surface area contributed by atoms with E-state index in [0.29, 0.717) is 6.42 Å². The van der Waals surface area contributed by atoms with Gasteiger partial charge in [-0.3, -0.25) is 4.79 Å². The second-order valence-corrected chi connectivity index (χ2v) is 5.06. The van der Waals surface area contributed by atoms with E-state index in [0.717, 1.165) is 0 Å². The third kappa shape index (κ3) is 3.07. The van der Waals surface area contributed by atoms with Crippen LogP contribution in [0, 0.1) is 0 Å². The standard InChI is InChI=1S/C9H14N2O4S/c1-2-3-8(9(12)13)11-16(14,15)7-4-5-10-6-7/h4-6,8,10-11H,2-3H2,1H3,(H,12,13). The maximum Gasteiger partial charge on any atom is 0.321 e. The highest BCUT2D eigenvalue weighted by Crippen LogP contribution is 2.09. The third-order valence-corrected chi connectivity index (χ3v) is 3.52. The van der Waals surface area contributed by atoms with E-state index in [1.807, 2.05) is 0 Å². The van der Waals surface area contributed by atoms with Gasteiger partial charge in [0.1, 0.15) is 6.04 Å². The van der Waals surface area contributed by atoms with Gasteiger partial charge in [-0.2, -0.15) is 4.72 Å². The van der Waals surface area contributed by atoms with Crippen molar-refractivity contribution in [2.24, 2.45) is 0 Å². The fourth-order valence-electron chi connectivity index (χ4n) is 1.25. The lowest BCUT2D eigenvalue weighted by molar-refractivity contribution is -0.139. The molecule has 0 aliphatic carbocycles. The summed E-state index contributed by atoms with van der Waals surface area (Å²) in [4.78, 5) is 13.4. The number of hydrogen-bond donors (Lipinski definition) is 3. The first kappa shape index (κ1) is 12.7. The van der Waals surface area contributed by atoms with Gasteiger partial charge in [0, 0.05) is 12.4 Å².